The first-order valence-electron chi connectivity index (χ1n) is 12.3. The molecule has 0 saturated carbocycles. The monoisotopic (exact) mass is 512 g/mol. The largest absolute Gasteiger partial charge is 0.321 e. The van der Waals surface area contributed by atoms with Gasteiger partial charge in [0.25, 0.3) is 0 Å². The van der Waals surface area contributed by atoms with E-state index in [4.69, 9.17) is 0 Å². The van der Waals surface area contributed by atoms with Crippen molar-refractivity contribution in [3.8, 4) is 0 Å². The highest BCUT2D eigenvalue weighted by atomic mass is 32.1. The first kappa shape index (κ1) is 26.2. The molecule has 2 atom stereocenters. The Morgan fingerprint density at radius 1 is 1.14 bits per heavy atom. The molecule has 192 valence electrons. The standard InChI is InChI=1S/C28H34F2N4OS/c1-20-10-11-21(18-31-20)26(2,3)34-17-16-28(19-34,15-14-23-12-13-24(29)36-23)27(4,30)33-25(35)32-22-8-6-5-7-9-22/h5-13,18H,14-17,19H2,1-4H3,(H2,32,33,35). The molecule has 4 rings (SSSR count). The van der Waals surface area contributed by atoms with Gasteiger partial charge in [-0.2, -0.15) is 4.39 Å². The summed E-state index contributed by atoms with van der Waals surface area (Å²) in [5.41, 5.74) is 1.35. The fourth-order valence-corrected chi connectivity index (χ4v) is 5.79. The Hall–Kier alpha value is -2.84. The molecule has 2 unspecified atom stereocenters. The summed E-state index contributed by atoms with van der Waals surface area (Å²) in [6.45, 7) is 8.76. The molecule has 36 heavy (non-hydrogen) atoms. The van der Waals surface area contributed by atoms with E-state index in [1.54, 1.807) is 18.2 Å². The molecule has 1 aromatic carbocycles. The summed E-state index contributed by atoms with van der Waals surface area (Å²) in [6, 6.07) is 15.6. The molecule has 2 N–H and O–H groups in total. The molecule has 1 aliphatic heterocycles. The number of nitrogens with zero attached hydrogens (tertiary/aromatic N) is 2. The number of rotatable bonds is 8. The van der Waals surface area contributed by atoms with Crippen LogP contribution in [0.2, 0.25) is 0 Å². The van der Waals surface area contributed by atoms with Crippen LogP contribution in [0.15, 0.2) is 60.8 Å². The Morgan fingerprint density at radius 3 is 2.53 bits per heavy atom. The number of urea groups is 1. The summed E-state index contributed by atoms with van der Waals surface area (Å²) >= 11 is 1.09. The van der Waals surface area contributed by atoms with E-state index < -0.39 is 17.2 Å². The van der Waals surface area contributed by atoms with Gasteiger partial charge in [0.15, 0.2) is 10.9 Å². The number of carbonyl (C=O) groups is 1. The number of aromatic nitrogens is 1. The maximum Gasteiger partial charge on any atom is 0.321 e. The average Bonchev–Trinajstić information content (AvgIpc) is 3.46. The Bertz CT molecular complexity index is 1180. The van der Waals surface area contributed by atoms with Crippen molar-refractivity contribution >= 4 is 23.1 Å². The minimum Gasteiger partial charge on any atom is -0.308 e. The van der Waals surface area contributed by atoms with Gasteiger partial charge in [0.1, 0.15) is 0 Å². The van der Waals surface area contributed by atoms with Crippen molar-refractivity contribution < 1.29 is 13.6 Å². The Kier molecular flexibility index (Phi) is 7.48. The maximum atomic E-state index is 16.6. The molecule has 3 heterocycles. The molecule has 2 amide bonds. The summed E-state index contributed by atoms with van der Waals surface area (Å²) < 4.78 is 30.3. The number of aryl methyl sites for hydroxylation is 2. The second kappa shape index (κ2) is 10.3. The van der Waals surface area contributed by atoms with Crippen molar-refractivity contribution in [3.63, 3.8) is 0 Å². The SMILES string of the molecule is Cc1ccc(C(C)(C)N2CCC(CCc3ccc(F)s3)(C(C)(F)NC(=O)Nc3ccccc3)C2)cn1. The molecule has 3 aromatic rings. The van der Waals surface area contributed by atoms with E-state index >= 15 is 4.39 Å². The van der Waals surface area contributed by atoms with Crippen LogP contribution in [0.1, 0.15) is 49.7 Å². The second-order valence-electron chi connectivity index (χ2n) is 10.4. The molecule has 0 radical (unpaired) electrons. The molecule has 1 fully saturated rings. The van der Waals surface area contributed by atoms with Crippen molar-refractivity contribution in [2.45, 2.75) is 58.3 Å². The lowest BCUT2D eigenvalue weighted by Gasteiger charge is -2.43. The van der Waals surface area contributed by atoms with E-state index in [0.29, 0.717) is 38.0 Å². The number of amides is 2. The van der Waals surface area contributed by atoms with Crippen LogP contribution in [0.3, 0.4) is 0 Å². The number of hydrogen-bond donors (Lipinski definition) is 2. The number of halogens is 2. The van der Waals surface area contributed by atoms with Gasteiger partial charge in [-0.15, -0.1) is 11.3 Å². The average molecular weight is 513 g/mol. The van der Waals surface area contributed by atoms with Crippen LogP contribution >= 0.6 is 11.3 Å². The zero-order chi connectivity index (χ0) is 26.0. The van der Waals surface area contributed by atoms with Gasteiger partial charge in [-0.3, -0.25) is 9.88 Å². The molecule has 0 spiro atoms. The minimum atomic E-state index is -2.00. The molecule has 0 bridgehead atoms. The van der Waals surface area contributed by atoms with E-state index in [-0.39, 0.29) is 10.7 Å². The van der Waals surface area contributed by atoms with Gasteiger partial charge in [-0.25, -0.2) is 9.18 Å². The van der Waals surface area contributed by atoms with Crippen molar-refractivity contribution in [1.29, 1.82) is 0 Å². The number of hydrogen-bond acceptors (Lipinski definition) is 4. The van der Waals surface area contributed by atoms with Crippen LogP contribution in [-0.4, -0.2) is 34.8 Å². The smallest absolute Gasteiger partial charge is 0.308 e. The van der Waals surface area contributed by atoms with Gasteiger partial charge >= 0.3 is 6.03 Å². The molecule has 1 aliphatic rings. The second-order valence-corrected chi connectivity index (χ2v) is 11.5. The molecule has 8 heteroatoms. The third kappa shape index (κ3) is 5.60. The van der Waals surface area contributed by atoms with Crippen LogP contribution in [-0.2, 0) is 12.0 Å². The van der Waals surface area contributed by atoms with E-state index in [2.05, 4.69) is 40.4 Å². The predicted octanol–water partition coefficient (Wildman–Crippen LogP) is 6.66. The van der Waals surface area contributed by atoms with Crippen molar-refractivity contribution in [2.75, 3.05) is 18.4 Å². The van der Waals surface area contributed by atoms with Crippen LogP contribution in [0.4, 0.5) is 19.3 Å². The third-order valence-corrected chi connectivity index (χ3v) is 8.55. The van der Waals surface area contributed by atoms with Gasteiger partial charge in [0, 0.05) is 40.0 Å². The zero-order valence-electron chi connectivity index (χ0n) is 21.3. The number of nitrogens with one attached hydrogen (secondary N) is 2. The Balaban J connectivity index is 1.57. The van der Waals surface area contributed by atoms with Crippen LogP contribution in [0.5, 0.6) is 0 Å². The van der Waals surface area contributed by atoms with E-state index in [9.17, 15) is 9.18 Å². The van der Waals surface area contributed by atoms with E-state index in [1.807, 2.05) is 37.4 Å². The summed E-state index contributed by atoms with van der Waals surface area (Å²) in [5.74, 6) is -2.00. The van der Waals surface area contributed by atoms with Gasteiger partial charge in [0.2, 0.25) is 0 Å². The highest BCUT2D eigenvalue weighted by Crippen LogP contribution is 2.48. The number of pyridine rings is 1. The molecule has 1 saturated heterocycles. The lowest BCUT2D eigenvalue weighted by atomic mass is 9.74. The summed E-state index contributed by atoms with van der Waals surface area (Å²) in [4.78, 5) is 20.4. The summed E-state index contributed by atoms with van der Waals surface area (Å²) in [5, 5.41) is 5.10. The summed E-state index contributed by atoms with van der Waals surface area (Å²) in [7, 11) is 0. The molecule has 5 nitrogen and oxygen atoms in total. The number of likely N-dealkylation sites (tertiary alicyclic amines) is 1. The fraction of sp³-hybridized carbons (Fsp3) is 0.429. The third-order valence-electron chi connectivity index (χ3n) is 7.62. The summed E-state index contributed by atoms with van der Waals surface area (Å²) in [6.07, 6.45) is 3.45. The van der Waals surface area contributed by atoms with Crippen molar-refractivity contribution in [3.05, 3.63) is 82.1 Å². The lowest BCUT2D eigenvalue weighted by Crippen LogP contribution is -2.58. The zero-order valence-corrected chi connectivity index (χ0v) is 22.1. The van der Waals surface area contributed by atoms with Crippen LogP contribution in [0, 0.1) is 17.5 Å². The number of thiophene rings is 1. The maximum absolute atomic E-state index is 16.6. The molecule has 0 aliphatic carbocycles. The first-order valence-corrected chi connectivity index (χ1v) is 13.1. The number of alkyl halides is 1. The lowest BCUT2D eigenvalue weighted by molar-refractivity contribution is -0.0202. The quantitative estimate of drug-likeness (QED) is 0.332. The van der Waals surface area contributed by atoms with Gasteiger partial charge in [-0.1, -0.05) is 24.3 Å². The van der Waals surface area contributed by atoms with E-state index in [1.165, 1.54) is 13.0 Å². The number of anilines is 1. The minimum absolute atomic E-state index is 0.247. The number of carbonyl (C=O) groups excluding carboxylic acids is 1. The fourth-order valence-electron chi connectivity index (χ4n) is 5.06. The van der Waals surface area contributed by atoms with Crippen LogP contribution < -0.4 is 10.6 Å². The van der Waals surface area contributed by atoms with Crippen molar-refractivity contribution in [2.24, 2.45) is 5.41 Å². The highest BCUT2D eigenvalue weighted by Gasteiger charge is 2.55. The topological polar surface area (TPSA) is 57.3 Å². The Labute approximate surface area is 215 Å². The van der Waals surface area contributed by atoms with Gasteiger partial charge in [0.05, 0.1) is 0 Å². The molecule has 2 aromatic heterocycles. The van der Waals surface area contributed by atoms with E-state index in [0.717, 1.165) is 27.5 Å². The number of benzene rings is 1. The Morgan fingerprint density at radius 2 is 1.89 bits per heavy atom. The van der Waals surface area contributed by atoms with Gasteiger partial charge in [-0.05, 0) is 89.4 Å². The van der Waals surface area contributed by atoms with Crippen molar-refractivity contribution in [1.82, 2.24) is 15.2 Å². The van der Waals surface area contributed by atoms with Crippen LogP contribution in [0.25, 0.3) is 0 Å². The first-order chi connectivity index (χ1) is 17.0. The molecular weight excluding hydrogens is 478 g/mol. The molecular formula is C28H34F2N4OS. The van der Waals surface area contributed by atoms with Gasteiger partial charge < -0.3 is 10.6 Å². The normalized spacial score (nSPS) is 20.2. The predicted molar refractivity (Wildman–Crippen MR) is 141 cm³/mol. The highest BCUT2D eigenvalue weighted by molar-refractivity contribution is 7.10. The number of para-hydroxylation sites is 1.